The van der Waals surface area contributed by atoms with Crippen molar-refractivity contribution in [3.63, 3.8) is 0 Å². The van der Waals surface area contributed by atoms with Crippen LogP contribution in [0.4, 0.5) is 5.69 Å². The predicted octanol–water partition coefficient (Wildman–Crippen LogP) is 4.69. The molecule has 1 aliphatic rings. The first-order valence-corrected chi connectivity index (χ1v) is 11.1. The van der Waals surface area contributed by atoms with Gasteiger partial charge < -0.3 is 10.2 Å². The third kappa shape index (κ3) is 2.96. The highest BCUT2D eigenvalue weighted by molar-refractivity contribution is 7.17. The van der Waals surface area contributed by atoms with Gasteiger partial charge in [0.1, 0.15) is 10.5 Å². The Bertz CT molecular complexity index is 1330. The Morgan fingerprint density at radius 1 is 0.933 bits per heavy atom. The molecule has 1 fully saturated rings. The lowest BCUT2D eigenvalue weighted by molar-refractivity contribution is 0.589. The van der Waals surface area contributed by atoms with E-state index in [1.165, 1.54) is 27.8 Å². The molecule has 0 atom stereocenters. The third-order valence-corrected chi connectivity index (χ3v) is 6.72. The first-order valence-electron chi connectivity index (χ1n) is 10.2. The van der Waals surface area contributed by atoms with Crippen LogP contribution >= 0.6 is 11.3 Å². The van der Waals surface area contributed by atoms with Crippen molar-refractivity contribution in [1.29, 1.82) is 0 Å². The zero-order valence-electron chi connectivity index (χ0n) is 16.5. The van der Waals surface area contributed by atoms with Crippen molar-refractivity contribution >= 4 is 32.9 Å². The molecule has 5 nitrogen and oxygen atoms in total. The van der Waals surface area contributed by atoms with Crippen molar-refractivity contribution in [3.8, 4) is 22.4 Å². The molecule has 5 aromatic rings. The van der Waals surface area contributed by atoms with Crippen molar-refractivity contribution in [2.24, 2.45) is 0 Å². The van der Waals surface area contributed by atoms with Crippen LogP contribution in [-0.2, 0) is 0 Å². The van der Waals surface area contributed by atoms with Gasteiger partial charge in [-0.05, 0) is 47.5 Å². The Morgan fingerprint density at radius 3 is 2.67 bits per heavy atom. The number of hydrogen-bond acceptors (Lipinski definition) is 5. The van der Waals surface area contributed by atoms with Gasteiger partial charge in [0.05, 0.1) is 11.9 Å². The van der Waals surface area contributed by atoms with Crippen molar-refractivity contribution in [3.05, 3.63) is 72.5 Å². The summed E-state index contributed by atoms with van der Waals surface area (Å²) in [5.74, 6) is 0. The fourth-order valence-corrected chi connectivity index (χ4v) is 5.12. The Hall–Kier alpha value is -3.22. The van der Waals surface area contributed by atoms with Crippen LogP contribution in [0.3, 0.4) is 0 Å². The van der Waals surface area contributed by atoms with E-state index in [-0.39, 0.29) is 0 Å². The fourth-order valence-electron chi connectivity index (χ4n) is 4.21. The molecule has 1 saturated heterocycles. The summed E-state index contributed by atoms with van der Waals surface area (Å²) in [5.41, 5.74) is 6.93. The fraction of sp³-hybridized carbons (Fsp3) is 0.167. The van der Waals surface area contributed by atoms with E-state index in [0.717, 1.165) is 42.4 Å². The first kappa shape index (κ1) is 17.6. The summed E-state index contributed by atoms with van der Waals surface area (Å²) in [6.07, 6.45) is 5.93. The number of thiophene rings is 1. The van der Waals surface area contributed by atoms with Gasteiger partial charge in [-0.2, -0.15) is 0 Å². The van der Waals surface area contributed by atoms with Gasteiger partial charge in [-0.15, -0.1) is 11.3 Å². The van der Waals surface area contributed by atoms with Crippen LogP contribution in [0.5, 0.6) is 0 Å². The Kier molecular flexibility index (Phi) is 4.25. The van der Waals surface area contributed by atoms with Crippen molar-refractivity contribution in [1.82, 2.24) is 19.7 Å². The smallest absolute Gasteiger partial charge is 0.137 e. The molecule has 30 heavy (non-hydrogen) atoms. The summed E-state index contributed by atoms with van der Waals surface area (Å²) in [4.78, 5) is 12.7. The summed E-state index contributed by atoms with van der Waals surface area (Å²) in [7, 11) is 0. The van der Waals surface area contributed by atoms with Crippen molar-refractivity contribution in [2.45, 2.75) is 0 Å². The molecule has 5 heterocycles. The molecular weight excluding hydrogens is 390 g/mol. The number of nitrogens with one attached hydrogen (secondary N) is 1. The molecular formula is C24H21N5S. The minimum Gasteiger partial charge on any atom is -0.369 e. The summed E-state index contributed by atoms with van der Waals surface area (Å²) >= 11 is 1.67. The molecule has 0 amide bonds. The van der Waals surface area contributed by atoms with Gasteiger partial charge in [-0.3, -0.25) is 4.40 Å². The Morgan fingerprint density at radius 2 is 1.80 bits per heavy atom. The van der Waals surface area contributed by atoms with Crippen LogP contribution in [-0.4, -0.2) is 40.5 Å². The maximum absolute atomic E-state index is 4.69. The molecule has 0 spiro atoms. The second-order valence-corrected chi connectivity index (χ2v) is 8.43. The number of benzene rings is 1. The maximum atomic E-state index is 4.69. The minimum absolute atomic E-state index is 0.955. The number of pyridine rings is 2. The molecule has 6 heteroatoms. The molecule has 0 bridgehead atoms. The van der Waals surface area contributed by atoms with Crippen LogP contribution in [0.2, 0.25) is 0 Å². The van der Waals surface area contributed by atoms with E-state index in [0.29, 0.717) is 0 Å². The number of aromatic nitrogens is 3. The highest BCUT2D eigenvalue weighted by atomic mass is 32.1. The maximum Gasteiger partial charge on any atom is 0.137 e. The lowest BCUT2D eigenvalue weighted by Crippen LogP contribution is -2.43. The van der Waals surface area contributed by atoms with Crippen molar-refractivity contribution in [2.75, 3.05) is 31.1 Å². The minimum atomic E-state index is 0.955. The molecule has 1 aliphatic heterocycles. The number of anilines is 1. The lowest BCUT2D eigenvalue weighted by Gasteiger charge is -2.29. The Balaban J connectivity index is 1.34. The van der Waals surface area contributed by atoms with Gasteiger partial charge in [0, 0.05) is 60.6 Å². The number of hydrogen-bond donors (Lipinski definition) is 1. The van der Waals surface area contributed by atoms with E-state index >= 15 is 0 Å². The number of nitrogens with zero attached hydrogens (tertiary/aromatic N) is 4. The molecule has 0 unspecified atom stereocenters. The van der Waals surface area contributed by atoms with Crippen LogP contribution in [0.15, 0.2) is 72.5 Å². The van der Waals surface area contributed by atoms with E-state index in [1.54, 1.807) is 11.3 Å². The van der Waals surface area contributed by atoms with E-state index < -0.39 is 0 Å². The Labute approximate surface area is 178 Å². The standard InChI is InChI=1S/C24H21N5S/c1-2-20-21(16-30-24(20)26-8-1)22-15-27-23-14-18(7-11-29(22)23)17-3-5-19(6-4-17)28-12-9-25-10-13-28/h1-8,11,14-16,25H,9-10,12-13H2. The molecule has 0 saturated carbocycles. The number of piperazine rings is 1. The second kappa shape index (κ2) is 7.23. The highest BCUT2D eigenvalue weighted by Gasteiger charge is 2.13. The quantitative estimate of drug-likeness (QED) is 0.468. The van der Waals surface area contributed by atoms with Gasteiger partial charge in [-0.25, -0.2) is 9.97 Å². The van der Waals surface area contributed by atoms with Crippen LogP contribution < -0.4 is 10.2 Å². The number of imidazole rings is 1. The van der Waals surface area contributed by atoms with Gasteiger partial charge >= 0.3 is 0 Å². The van der Waals surface area contributed by atoms with Gasteiger partial charge in [0.15, 0.2) is 0 Å². The largest absolute Gasteiger partial charge is 0.369 e. The van der Waals surface area contributed by atoms with E-state index in [4.69, 9.17) is 4.98 Å². The topological polar surface area (TPSA) is 45.5 Å². The molecule has 1 N–H and O–H groups in total. The monoisotopic (exact) mass is 411 g/mol. The first-order chi connectivity index (χ1) is 14.9. The molecule has 148 valence electrons. The average Bonchev–Trinajstić information content (AvgIpc) is 3.43. The van der Waals surface area contributed by atoms with Gasteiger partial charge in [0.2, 0.25) is 0 Å². The van der Waals surface area contributed by atoms with Gasteiger partial charge in [-0.1, -0.05) is 12.1 Å². The summed E-state index contributed by atoms with van der Waals surface area (Å²) in [6, 6.07) is 17.3. The molecule has 4 aromatic heterocycles. The summed E-state index contributed by atoms with van der Waals surface area (Å²) < 4.78 is 2.16. The van der Waals surface area contributed by atoms with E-state index in [1.807, 2.05) is 18.5 Å². The number of fused-ring (bicyclic) bond motifs is 2. The summed E-state index contributed by atoms with van der Waals surface area (Å²) in [5, 5.41) is 6.75. The highest BCUT2D eigenvalue weighted by Crippen LogP contribution is 2.33. The third-order valence-electron chi connectivity index (χ3n) is 5.82. The molecule has 1 aromatic carbocycles. The number of rotatable bonds is 3. The van der Waals surface area contributed by atoms with Gasteiger partial charge in [0.25, 0.3) is 0 Å². The normalized spacial score (nSPS) is 14.6. The molecule has 6 rings (SSSR count). The summed E-state index contributed by atoms with van der Waals surface area (Å²) in [6.45, 7) is 4.23. The molecule has 0 aliphatic carbocycles. The van der Waals surface area contributed by atoms with E-state index in [2.05, 4.69) is 73.6 Å². The van der Waals surface area contributed by atoms with Crippen LogP contribution in [0.25, 0.3) is 38.2 Å². The zero-order valence-corrected chi connectivity index (χ0v) is 17.3. The lowest BCUT2D eigenvalue weighted by atomic mass is 10.1. The zero-order chi connectivity index (χ0) is 19.9. The van der Waals surface area contributed by atoms with Crippen LogP contribution in [0, 0.1) is 0 Å². The van der Waals surface area contributed by atoms with Crippen LogP contribution in [0.1, 0.15) is 0 Å². The average molecular weight is 412 g/mol. The van der Waals surface area contributed by atoms with E-state index in [9.17, 15) is 0 Å². The second-order valence-electron chi connectivity index (χ2n) is 7.58. The van der Waals surface area contributed by atoms with Crippen molar-refractivity contribution < 1.29 is 0 Å². The SMILES string of the molecule is c1cnc2scc(-c3cnc4cc(-c5ccc(N6CCNCC6)cc5)ccn34)c2c1. The predicted molar refractivity (Wildman–Crippen MR) is 124 cm³/mol. The molecule has 0 radical (unpaired) electrons.